The maximum absolute atomic E-state index is 12.5. The molecule has 0 bridgehead atoms. The zero-order valence-electron chi connectivity index (χ0n) is 12.8. The van der Waals surface area contributed by atoms with E-state index in [0.717, 1.165) is 4.90 Å². The van der Waals surface area contributed by atoms with Gasteiger partial charge < -0.3 is 25.2 Å². The van der Waals surface area contributed by atoms with Crippen molar-refractivity contribution in [2.75, 3.05) is 13.8 Å². The Balaban J connectivity index is 2.09. The van der Waals surface area contributed by atoms with Crippen molar-refractivity contribution in [2.24, 2.45) is 5.73 Å². The summed E-state index contributed by atoms with van der Waals surface area (Å²) in [5.74, 6) is -1.05. The monoisotopic (exact) mass is 322 g/mol. The number of ether oxygens (including phenoxy) is 2. The molecule has 1 aromatic carbocycles. The van der Waals surface area contributed by atoms with Gasteiger partial charge in [-0.2, -0.15) is 0 Å². The van der Waals surface area contributed by atoms with Gasteiger partial charge in [-0.05, 0) is 25.1 Å². The fraction of sp³-hybridized carbons (Fsp3) is 0.400. The first-order chi connectivity index (χ1) is 10.8. The Morgan fingerprint density at radius 2 is 1.96 bits per heavy atom. The van der Waals surface area contributed by atoms with Gasteiger partial charge >= 0.3 is 5.97 Å². The highest BCUT2D eigenvalue weighted by atomic mass is 16.7. The van der Waals surface area contributed by atoms with Gasteiger partial charge in [-0.1, -0.05) is 0 Å². The minimum atomic E-state index is -1.19. The number of carbonyl (C=O) groups excluding carboxylic acids is 2. The van der Waals surface area contributed by atoms with E-state index in [-0.39, 0.29) is 12.6 Å². The number of aliphatic carboxylic acids is 1. The van der Waals surface area contributed by atoms with Crippen LogP contribution in [0.25, 0.3) is 0 Å². The molecule has 3 N–H and O–H groups in total. The Hall–Kier alpha value is -2.61. The van der Waals surface area contributed by atoms with Crippen molar-refractivity contribution in [1.29, 1.82) is 0 Å². The molecule has 1 aliphatic rings. The van der Waals surface area contributed by atoms with Crippen LogP contribution in [-0.4, -0.2) is 53.6 Å². The Kier molecular flexibility index (Phi) is 4.85. The van der Waals surface area contributed by atoms with Gasteiger partial charge in [0.1, 0.15) is 0 Å². The molecule has 0 saturated carbocycles. The van der Waals surface area contributed by atoms with E-state index in [0.29, 0.717) is 17.1 Å². The lowest BCUT2D eigenvalue weighted by molar-refractivity contribution is -0.141. The van der Waals surface area contributed by atoms with Gasteiger partial charge in [-0.3, -0.25) is 14.4 Å². The fourth-order valence-electron chi connectivity index (χ4n) is 2.19. The number of hydrogen-bond donors (Lipinski definition) is 2. The average Bonchev–Trinajstić information content (AvgIpc) is 2.98. The highest BCUT2D eigenvalue weighted by molar-refractivity contribution is 6.02. The first kappa shape index (κ1) is 16.8. The minimum Gasteiger partial charge on any atom is -0.481 e. The molecule has 0 fully saturated rings. The molecule has 2 atom stereocenters. The van der Waals surface area contributed by atoms with Crippen LogP contribution < -0.4 is 15.2 Å². The van der Waals surface area contributed by atoms with Crippen LogP contribution in [0.15, 0.2) is 18.2 Å². The van der Waals surface area contributed by atoms with Gasteiger partial charge in [-0.15, -0.1) is 0 Å². The molecule has 0 radical (unpaired) electrons. The molecule has 1 aromatic rings. The summed E-state index contributed by atoms with van der Waals surface area (Å²) in [5.41, 5.74) is 5.92. The Morgan fingerprint density at radius 3 is 2.61 bits per heavy atom. The number of ketones is 1. The van der Waals surface area contributed by atoms with Crippen molar-refractivity contribution in [2.45, 2.75) is 25.4 Å². The number of nitrogens with zero attached hydrogens (tertiary/aromatic N) is 1. The molecular formula is C15H18N2O6. The third-order valence-electron chi connectivity index (χ3n) is 3.68. The number of rotatable bonds is 6. The normalized spacial score (nSPS) is 14.9. The van der Waals surface area contributed by atoms with Crippen LogP contribution in [0.4, 0.5) is 0 Å². The standard InChI is InChI=1S/C15H18N2O6/c1-8(17(2)15(21)10(16)6-13(18)19)14(20)9-3-4-11-12(5-9)23-7-22-11/h3-5,8,10H,6-7,16H2,1-2H3,(H,18,19). The van der Waals surface area contributed by atoms with Crippen molar-refractivity contribution >= 4 is 17.7 Å². The molecule has 8 nitrogen and oxygen atoms in total. The number of hydrogen-bond acceptors (Lipinski definition) is 6. The van der Waals surface area contributed by atoms with Crippen molar-refractivity contribution in [3.05, 3.63) is 23.8 Å². The van der Waals surface area contributed by atoms with Crippen molar-refractivity contribution in [1.82, 2.24) is 4.90 Å². The quantitative estimate of drug-likeness (QED) is 0.720. The van der Waals surface area contributed by atoms with Crippen molar-refractivity contribution in [3.8, 4) is 11.5 Å². The maximum Gasteiger partial charge on any atom is 0.305 e. The Labute approximate surface area is 132 Å². The Morgan fingerprint density at radius 1 is 1.30 bits per heavy atom. The van der Waals surface area contributed by atoms with Gasteiger partial charge in [0.25, 0.3) is 0 Å². The van der Waals surface area contributed by atoms with Crippen LogP contribution in [0.2, 0.25) is 0 Å². The first-order valence-electron chi connectivity index (χ1n) is 6.99. The van der Waals surface area contributed by atoms with Crippen LogP contribution in [0, 0.1) is 0 Å². The molecule has 2 rings (SSSR count). The number of carboxylic acid groups (broad SMARTS) is 1. The highest BCUT2D eigenvalue weighted by Crippen LogP contribution is 2.32. The van der Waals surface area contributed by atoms with Crippen molar-refractivity contribution in [3.63, 3.8) is 0 Å². The summed E-state index contributed by atoms with van der Waals surface area (Å²) in [4.78, 5) is 36.4. The van der Waals surface area contributed by atoms with Gasteiger partial charge in [0.15, 0.2) is 17.3 Å². The number of carboxylic acids is 1. The largest absolute Gasteiger partial charge is 0.481 e. The number of amides is 1. The molecule has 1 heterocycles. The number of fused-ring (bicyclic) bond motifs is 1. The SMILES string of the molecule is CC(C(=O)c1ccc2c(c1)OCO2)N(C)C(=O)C(N)CC(=O)O. The lowest BCUT2D eigenvalue weighted by Crippen LogP contribution is -2.48. The van der Waals surface area contributed by atoms with E-state index in [1.807, 2.05) is 0 Å². The molecule has 8 heteroatoms. The molecule has 1 amide bonds. The second-order valence-corrected chi connectivity index (χ2v) is 5.26. The lowest BCUT2D eigenvalue weighted by Gasteiger charge is -2.26. The maximum atomic E-state index is 12.5. The summed E-state index contributed by atoms with van der Waals surface area (Å²) < 4.78 is 10.4. The summed E-state index contributed by atoms with van der Waals surface area (Å²) in [6.07, 6.45) is -0.492. The summed E-state index contributed by atoms with van der Waals surface area (Å²) in [6.45, 7) is 1.66. The first-order valence-corrected chi connectivity index (χ1v) is 6.99. The second kappa shape index (κ2) is 6.66. The van der Waals surface area contributed by atoms with E-state index in [1.165, 1.54) is 7.05 Å². The topological polar surface area (TPSA) is 119 Å². The lowest BCUT2D eigenvalue weighted by atomic mass is 10.0. The number of nitrogens with two attached hydrogens (primary N) is 1. The number of benzene rings is 1. The van der Waals surface area contributed by atoms with Gasteiger partial charge in [0.2, 0.25) is 12.7 Å². The van der Waals surface area contributed by atoms with Gasteiger partial charge in [-0.25, -0.2) is 0 Å². The van der Waals surface area contributed by atoms with Gasteiger partial charge in [0.05, 0.1) is 18.5 Å². The summed E-state index contributed by atoms with van der Waals surface area (Å²) >= 11 is 0. The minimum absolute atomic E-state index is 0.102. The molecule has 23 heavy (non-hydrogen) atoms. The van der Waals surface area contributed by atoms with Crippen LogP contribution in [0.5, 0.6) is 11.5 Å². The van der Waals surface area contributed by atoms with Crippen LogP contribution >= 0.6 is 0 Å². The zero-order valence-corrected chi connectivity index (χ0v) is 12.8. The van der Waals surface area contributed by atoms with E-state index in [1.54, 1.807) is 25.1 Å². The third-order valence-corrected chi connectivity index (χ3v) is 3.68. The zero-order chi connectivity index (χ0) is 17.1. The Bertz CT molecular complexity index is 645. The number of likely N-dealkylation sites (N-methyl/N-ethyl adjacent to an activating group) is 1. The van der Waals surface area contributed by atoms with Gasteiger partial charge in [0, 0.05) is 12.6 Å². The van der Waals surface area contributed by atoms with E-state index in [2.05, 4.69) is 0 Å². The molecule has 1 aliphatic heterocycles. The van der Waals surface area contributed by atoms with Crippen molar-refractivity contribution < 1.29 is 29.0 Å². The van der Waals surface area contributed by atoms with E-state index >= 15 is 0 Å². The predicted molar refractivity (Wildman–Crippen MR) is 79.4 cm³/mol. The molecule has 2 unspecified atom stereocenters. The van der Waals surface area contributed by atoms with E-state index < -0.39 is 30.4 Å². The van der Waals surface area contributed by atoms with E-state index in [9.17, 15) is 14.4 Å². The molecule has 0 spiro atoms. The van der Waals surface area contributed by atoms with Crippen LogP contribution in [0.1, 0.15) is 23.7 Å². The number of Topliss-reactive ketones (excluding diaryl/α,β-unsaturated/α-hetero) is 1. The smallest absolute Gasteiger partial charge is 0.305 e. The summed E-state index contributed by atoms with van der Waals surface area (Å²) in [5, 5.41) is 8.69. The fourth-order valence-corrected chi connectivity index (χ4v) is 2.19. The van der Waals surface area contributed by atoms with Crippen LogP contribution in [-0.2, 0) is 9.59 Å². The molecule has 0 aliphatic carbocycles. The second-order valence-electron chi connectivity index (χ2n) is 5.26. The third kappa shape index (κ3) is 3.59. The van der Waals surface area contributed by atoms with Crippen LogP contribution in [0.3, 0.4) is 0 Å². The average molecular weight is 322 g/mol. The number of carbonyl (C=O) groups is 3. The molecular weight excluding hydrogens is 304 g/mol. The molecule has 124 valence electrons. The van der Waals surface area contributed by atoms with E-state index in [4.69, 9.17) is 20.3 Å². The molecule has 0 aromatic heterocycles. The predicted octanol–water partition coefficient (Wildman–Crippen LogP) is 0.247. The molecule has 0 saturated heterocycles. The highest BCUT2D eigenvalue weighted by Gasteiger charge is 2.29. The summed E-state index contributed by atoms with van der Waals surface area (Å²) in [6, 6.07) is 2.78. The summed E-state index contributed by atoms with van der Waals surface area (Å²) in [7, 11) is 1.42.